The van der Waals surface area contributed by atoms with Crippen molar-refractivity contribution in [3.8, 4) is 5.75 Å². The van der Waals surface area contributed by atoms with E-state index in [9.17, 15) is 19.7 Å². The SMILES string of the molecule is CCCCCCCCCCCCCCCCCCN(C)C(=O)C(=Cc1ccc([N+](=O)[O-])cc1)COc1ccc(NC(=O)OCCCC)cc1. The third-order valence-electron chi connectivity index (χ3n) is 8.64. The fraction of sp³-hybridized carbons (Fsp3) is 0.600. The number of nitrogens with zero attached hydrogens (tertiary/aromatic N) is 2. The molecule has 2 aromatic carbocycles. The molecule has 2 amide bonds. The first-order valence-corrected chi connectivity index (χ1v) is 18.7. The Labute approximate surface area is 295 Å². The number of hydrogen-bond donors (Lipinski definition) is 1. The normalized spacial score (nSPS) is 11.3. The number of nitrogens with one attached hydrogen (secondary N) is 1. The Morgan fingerprint density at radius 2 is 1.24 bits per heavy atom. The van der Waals surface area contributed by atoms with Crippen molar-refractivity contribution >= 4 is 29.5 Å². The van der Waals surface area contributed by atoms with Crippen molar-refractivity contribution in [1.82, 2.24) is 4.90 Å². The number of unbranched alkanes of at least 4 members (excludes halogenated alkanes) is 16. The number of hydrogen-bond acceptors (Lipinski definition) is 6. The van der Waals surface area contributed by atoms with Crippen LogP contribution in [-0.4, -0.2) is 48.6 Å². The molecule has 0 bridgehead atoms. The van der Waals surface area contributed by atoms with E-state index >= 15 is 0 Å². The van der Waals surface area contributed by atoms with Crippen LogP contribution in [0.4, 0.5) is 16.2 Å². The van der Waals surface area contributed by atoms with Gasteiger partial charge in [0.25, 0.3) is 11.6 Å². The minimum Gasteiger partial charge on any atom is -0.489 e. The first kappa shape index (κ1) is 41.3. The van der Waals surface area contributed by atoms with E-state index in [0.29, 0.717) is 35.7 Å². The molecule has 2 rings (SSSR count). The van der Waals surface area contributed by atoms with Gasteiger partial charge in [-0.15, -0.1) is 0 Å². The topological polar surface area (TPSA) is 111 Å². The van der Waals surface area contributed by atoms with Gasteiger partial charge in [0.15, 0.2) is 0 Å². The summed E-state index contributed by atoms with van der Waals surface area (Å²) in [4.78, 5) is 37.8. The Balaban J connectivity index is 1.78. The number of carbonyl (C=O) groups excluding carboxylic acids is 2. The van der Waals surface area contributed by atoms with Gasteiger partial charge in [0.05, 0.1) is 17.1 Å². The number of non-ortho nitro benzene ring substituents is 1. The number of nitro benzene ring substituents is 1. The van der Waals surface area contributed by atoms with Crippen LogP contribution in [0.3, 0.4) is 0 Å². The van der Waals surface area contributed by atoms with Crippen molar-refractivity contribution in [3.05, 3.63) is 69.8 Å². The van der Waals surface area contributed by atoms with Gasteiger partial charge in [-0.25, -0.2) is 4.79 Å². The molecule has 49 heavy (non-hydrogen) atoms. The zero-order valence-corrected chi connectivity index (χ0v) is 30.4. The second-order valence-electron chi connectivity index (χ2n) is 13.0. The van der Waals surface area contributed by atoms with Crippen molar-refractivity contribution in [2.24, 2.45) is 0 Å². The Bertz CT molecular complexity index is 1230. The lowest BCUT2D eigenvalue weighted by molar-refractivity contribution is -0.384. The lowest BCUT2D eigenvalue weighted by Crippen LogP contribution is -2.31. The van der Waals surface area contributed by atoms with Crippen LogP contribution in [0.1, 0.15) is 135 Å². The van der Waals surface area contributed by atoms with E-state index in [1.54, 1.807) is 54.4 Å². The number of benzene rings is 2. The standard InChI is InChI=1S/C40H61N3O6/c1-4-6-8-9-10-11-12-13-14-15-16-17-18-19-20-21-30-42(3)39(44)35(32-34-22-26-37(27-23-34)43(46)47)33-49-38-28-24-36(25-29-38)41-40(45)48-31-7-5-2/h22-29,32H,4-21,30-31,33H2,1-3H3,(H,41,45). The summed E-state index contributed by atoms with van der Waals surface area (Å²) >= 11 is 0. The van der Waals surface area contributed by atoms with Crippen LogP contribution >= 0.6 is 0 Å². The van der Waals surface area contributed by atoms with E-state index in [2.05, 4.69) is 12.2 Å². The van der Waals surface area contributed by atoms with Crippen LogP contribution in [0.25, 0.3) is 6.08 Å². The Morgan fingerprint density at radius 1 is 0.735 bits per heavy atom. The smallest absolute Gasteiger partial charge is 0.411 e. The molecule has 0 saturated heterocycles. The predicted octanol–water partition coefficient (Wildman–Crippen LogP) is 11.1. The lowest BCUT2D eigenvalue weighted by atomic mass is 10.0. The second-order valence-corrected chi connectivity index (χ2v) is 13.0. The van der Waals surface area contributed by atoms with E-state index in [4.69, 9.17) is 9.47 Å². The van der Waals surface area contributed by atoms with Crippen LogP contribution in [0, 0.1) is 10.1 Å². The molecular weight excluding hydrogens is 618 g/mol. The fourth-order valence-electron chi connectivity index (χ4n) is 5.56. The molecule has 0 saturated carbocycles. The van der Waals surface area contributed by atoms with Gasteiger partial charge in [0, 0.05) is 31.4 Å². The first-order chi connectivity index (χ1) is 23.8. The van der Waals surface area contributed by atoms with Crippen molar-refractivity contribution in [1.29, 1.82) is 0 Å². The molecule has 2 aromatic rings. The highest BCUT2D eigenvalue weighted by molar-refractivity contribution is 5.98. The van der Waals surface area contributed by atoms with Crippen LogP contribution in [0.5, 0.6) is 5.75 Å². The molecule has 0 fully saturated rings. The van der Waals surface area contributed by atoms with Crippen molar-refractivity contribution in [2.45, 2.75) is 129 Å². The average molecular weight is 680 g/mol. The zero-order valence-electron chi connectivity index (χ0n) is 30.4. The van der Waals surface area contributed by atoms with Gasteiger partial charge in [-0.1, -0.05) is 117 Å². The molecule has 0 spiro atoms. The van der Waals surface area contributed by atoms with Gasteiger partial charge in [-0.05, 0) is 60.9 Å². The molecule has 0 aliphatic carbocycles. The number of ether oxygens (including phenoxy) is 2. The highest BCUT2D eigenvalue weighted by atomic mass is 16.6. The van der Waals surface area contributed by atoms with Crippen molar-refractivity contribution < 1.29 is 24.0 Å². The van der Waals surface area contributed by atoms with Gasteiger partial charge < -0.3 is 14.4 Å². The van der Waals surface area contributed by atoms with E-state index in [1.807, 2.05) is 6.92 Å². The van der Waals surface area contributed by atoms with E-state index < -0.39 is 11.0 Å². The first-order valence-electron chi connectivity index (χ1n) is 18.7. The van der Waals surface area contributed by atoms with Crippen molar-refractivity contribution in [3.63, 3.8) is 0 Å². The third-order valence-corrected chi connectivity index (χ3v) is 8.64. The number of carbonyl (C=O) groups is 2. The quantitative estimate of drug-likeness (QED) is 0.0435. The fourth-order valence-corrected chi connectivity index (χ4v) is 5.56. The maximum atomic E-state index is 13.5. The van der Waals surface area contributed by atoms with Crippen LogP contribution < -0.4 is 10.1 Å². The number of likely N-dealkylation sites (N-methyl/N-ethyl adjacent to an activating group) is 1. The summed E-state index contributed by atoms with van der Waals surface area (Å²) in [6, 6.07) is 13.0. The molecule has 9 heteroatoms. The maximum Gasteiger partial charge on any atom is 0.411 e. The van der Waals surface area contributed by atoms with Gasteiger partial charge in [-0.3, -0.25) is 20.2 Å². The average Bonchev–Trinajstić information content (AvgIpc) is 3.10. The number of amides is 2. The molecule has 272 valence electrons. The molecule has 1 N–H and O–H groups in total. The molecule has 0 aromatic heterocycles. The minimum absolute atomic E-state index is 0.00941. The summed E-state index contributed by atoms with van der Waals surface area (Å²) in [5.74, 6) is 0.389. The molecule has 0 heterocycles. The monoisotopic (exact) mass is 679 g/mol. The third kappa shape index (κ3) is 19.0. The van der Waals surface area contributed by atoms with Crippen molar-refractivity contribution in [2.75, 3.05) is 32.1 Å². The summed E-state index contributed by atoms with van der Waals surface area (Å²) < 4.78 is 11.1. The van der Waals surface area contributed by atoms with Gasteiger partial charge in [0.1, 0.15) is 12.4 Å². The summed E-state index contributed by atoms with van der Waals surface area (Å²) in [5.41, 5.74) is 1.68. The molecule has 0 aliphatic heterocycles. The number of rotatable bonds is 27. The lowest BCUT2D eigenvalue weighted by Gasteiger charge is -2.20. The summed E-state index contributed by atoms with van der Waals surface area (Å²) in [6.45, 7) is 5.33. The Hall–Kier alpha value is -3.88. The number of anilines is 1. The van der Waals surface area contributed by atoms with Crippen LogP contribution in [0.2, 0.25) is 0 Å². The largest absolute Gasteiger partial charge is 0.489 e. The summed E-state index contributed by atoms with van der Waals surface area (Å²) in [6.07, 6.45) is 23.8. The molecule has 0 atom stereocenters. The van der Waals surface area contributed by atoms with Gasteiger partial charge in [0.2, 0.25) is 0 Å². The summed E-state index contributed by atoms with van der Waals surface area (Å²) in [5, 5.41) is 13.8. The molecule has 0 radical (unpaired) electrons. The minimum atomic E-state index is -0.506. The van der Waals surface area contributed by atoms with Crippen LogP contribution in [0.15, 0.2) is 54.1 Å². The Morgan fingerprint density at radius 3 is 1.76 bits per heavy atom. The molecule has 0 aliphatic rings. The highest BCUT2D eigenvalue weighted by Gasteiger charge is 2.16. The van der Waals surface area contributed by atoms with Crippen LogP contribution in [-0.2, 0) is 9.53 Å². The molecule has 0 unspecified atom stereocenters. The van der Waals surface area contributed by atoms with E-state index in [0.717, 1.165) is 25.7 Å². The summed E-state index contributed by atoms with van der Waals surface area (Å²) in [7, 11) is 1.80. The molecular formula is C40H61N3O6. The highest BCUT2D eigenvalue weighted by Crippen LogP contribution is 2.20. The predicted molar refractivity (Wildman–Crippen MR) is 200 cm³/mol. The van der Waals surface area contributed by atoms with Gasteiger partial charge in [-0.2, -0.15) is 0 Å². The molecule has 9 nitrogen and oxygen atoms in total. The maximum absolute atomic E-state index is 13.5. The zero-order chi connectivity index (χ0) is 35.5. The Kier molecular flexibility index (Phi) is 21.9. The number of nitro groups is 1. The van der Waals surface area contributed by atoms with E-state index in [1.165, 1.54) is 102 Å². The van der Waals surface area contributed by atoms with Gasteiger partial charge >= 0.3 is 6.09 Å². The second kappa shape index (κ2) is 26.0. The van der Waals surface area contributed by atoms with E-state index in [-0.39, 0.29) is 18.2 Å².